The molecule has 238 valence electrons. The second-order valence-electron chi connectivity index (χ2n) is 12.9. The number of benzene rings is 4. The van der Waals surface area contributed by atoms with Crippen LogP contribution in [0, 0.1) is 13.8 Å². The van der Waals surface area contributed by atoms with E-state index in [0.29, 0.717) is 0 Å². The summed E-state index contributed by atoms with van der Waals surface area (Å²) in [4.78, 5) is 14.4. The first-order chi connectivity index (χ1) is 24.6. The van der Waals surface area contributed by atoms with Crippen molar-refractivity contribution in [3.8, 4) is 44.5 Å². The van der Waals surface area contributed by atoms with Crippen LogP contribution in [-0.4, -0.2) is 30.7 Å². The van der Waals surface area contributed by atoms with Gasteiger partial charge in [0.1, 0.15) is 0 Å². The van der Waals surface area contributed by atoms with E-state index in [1.165, 1.54) is 41.9 Å². The summed E-state index contributed by atoms with van der Waals surface area (Å²) in [5.41, 5.74) is 17.7. The molecule has 0 atom stereocenters. The maximum absolute atomic E-state index is 5.43. The van der Waals surface area contributed by atoms with Crippen molar-refractivity contribution in [2.45, 2.75) is 13.8 Å². The molecular weight excluding hydrogens is 673 g/mol. The van der Waals surface area contributed by atoms with E-state index in [1.54, 1.807) is 0 Å². The molecule has 4 heteroatoms. The molecule has 8 bridgehead atoms. The van der Waals surface area contributed by atoms with Gasteiger partial charge in [0.15, 0.2) is 0 Å². The molecule has 7 aromatic rings. The third kappa shape index (κ3) is 5.49. The van der Waals surface area contributed by atoms with Gasteiger partial charge in [-0.05, 0) is 0 Å². The summed E-state index contributed by atoms with van der Waals surface area (Å²) in [5.74, 6) is 0. The SMILES string of the molecule is Cc1ccc(-c2c3cc(c(-c4ccccc4)c4ccc([se]4)c(-c4ccccc4)c4nc(c(-c5ccc(C)cc5)c5ccc2[nH]5)C=C4)C=N3)cc1. The minimum absolute atomic E-state index is 0.0304. The van der Waals surface area contributed by atoms with Crippen molar-refractivity contribution >= 4 is 58.1 Å². The Balaban J connectivity index is 1.48. The average Bonchev–Trinajstić information content (AvgIpc) is 3.98. The molecule has 0 spiro atoms. The third-order valence-corrected chi connectivity index (χ3v) is 11.8. The van der Waals surface area contributed by atoms with Gasteiger partial charge in [-0.3, -0.25) is 0 Å². The van der Waals surface area contributed by atoms with E-state index in [4.69, 9.17) is 9.98 Å². The van der Waals surface area contributed by atoms with Crippen molar-refractivity contribution in [3.63, 3.8) is 0 Å². The molecule has 0 unspecified atom stereocenters. The molecule has 50 heavy (non-hydrogen) atoms. The zero-order chi connectivity index (χ0) is 33.6. The molecule has 9 rings (SSSR count). The average molecular weight is 707 g/mol. The first kappa shape index (κ1) is 30.3. The van der Waals surface area contributed by atoms with Crippen molar-refractivity contribution < 1.29 is 0 Å². The fourth-order valence-electron chi connectivity index (χ4n) is 6.97. The molecular formula is C46H33N3Se. The topological polar surface area (TPSA) is 41.0 Å². The van der Waals surface area contributed by atoms with Crippen molar-refractivity contribution in [2.75, 3.05) is 0 Å². The van der Waals surface area contributed by atoms with Crippen molar-refractivity contribution in [3.05, 3.63) is 168 Å². The van der Waals surface area contributed by atoms with Gasteiger partial charge in [0.25, 0.3) is 0 Å². The van der Waals surface area contributed by atoms with Gasteiger partial charge in [0.2, 0.25) is 0 Å². The van der Waals surface area contributed by atoms with Gasteiger partial charge in [0, 0.05) is 0 Å². The number of aryl methyl sites for hydroxylation is 2. The van der Waals surface area contributed by atoms with Gasteiger partial charge >= 0.3 is 299 Å². The van der Waals surface area contributed by atoms with Gasteiger partial charge in [-0.15, -0.1) is 0 Å². The van der Waals surface area contributed by atoms with Crippen LogP contribution in [0.1, 0.15) is 28.1 Å². The number of nitrogens with zero attached hydrogens (tertiary/aromatic N) is 2. The molecule has 0 radical (unpaired) electrons. The predicted molar refractivity (Wildman–Crippen MR) is 213 cm³/mol. The molecule has 0 fully saturated rings. The predicted octanol–water partition coefficient (Wildman–Crippen LogP) is 11.9. The number of aliphatic imine (C=N–C) groups is 1. The fraction of sp³-hybridized carbons (Fsp3) is 0.0435. The van der Waals surface area contributed by atoms with Gasteiger partial charge in [0.05, 0.1) is 0 Å². The monoisotopic (exact) mass is 707 g/mol. The summed E-state index contributed by atoms with van der Waals surface area (Å²) in [6.45, 7) is 4.26. The summed E-state index contributed by atoms with van der Waals surface area (Å²) in [6, 6.07) is 50.3. The Bertz CT molecular complexity index is 2440. The van der Waals surface area contributed by atoms with Gasteiger partial charge in [-0.2, -0.15) is 0 Å². The molecule has 0 amide bonds. The van der Waals surface area contributed by atoms with E-state index in [0.717, 1.165) is 55.9 Å². The summed E-state index contributed by atoms with van der Waals surface area (Å²) >= 11 is 0.0304. The first-order valence-corrected chi connectivity index (χ1v) is 18.6. The van der Waals surface area contributed by atoms with E-state index in [1.807, 2.05) is 0 Å². The molecule has 0 saturated carbocycles. The number of nitrogens with one attached hydrogen (secondary N) is 1. The Morgan fingerprint density at radius 2 is 0.980 bits per heavy atom. The first-order valence-electron chi connectivity index (χ1n) is 16.9. The summed E-state index contributed by atoms with van der Waals surface area (Å²) < 4.78 is 2.64. The second kappa shape index (κ2) is 12.6. The summed E-state index contributed by atoms with van der Waals surface area (Å²) in [7, 11) is 0. The maximum atomic E-state index is 5.43. The van der Waals surface area contributed by atoms with Crippen LogP contribution in [0.25, 0.3) is 76.2 Å². The van der Waals surface area contributed by atoms with E-state index in [2.05, 4.69) is 177 Å². The van der Waals surface area contributed by atoms with E-state index in [9.17, 15) is 0 Å². The molecule has 0 aliphatic carbocycles. The second-order valence-corrected chi connectivity index (χ2v) is 15.1. The summed E-state index contributed by atoms with van der Waals surface area (Å²) in [5, 5.41) is 0. The van der Waals surface area contributed by atoms with Crippen LogP contribution in [0.15, 0.2) is 145 Å². The molecule has 4 aromatic carbocycles. The zero-order valence-electron chi connectivity index (χ0n) is 27.8. The van der Waals surface area contributed by atoms with Crippen molar-refractivity contribution in [1.82, 2.24) is 9.97 Å². The van der Waals surface area contributed by atoms with E-state index < -0.39 is 0 Å². The van der Waals surface area contributed by atoms with Crippen LogP contribution in [0.5, 0.6) is 0 Å². The third-order valence-electron chi connectivity index (χ3n) is 9.46. The van der Waals surface area contributed by atoms with Gasteiger partial charge in [-0.1, -0.05) is 0 Å². The van der Waals surface area contributed by atoms with Crippen LogP contribution in [0.3, 0.4) is 0 Å². The quantitative estimate of drug-likeness (QED) is 0.182. The van der Waals surface area contributed by atoms with Gasteiger partial charge in [-0.25, -0.2) is 0 Å². The Morgan fingerprint density at radius 1 is 0.480 bits per heavy atom. The van der Waals surface area contributed by atoms with E-state index in [-0.39, 0.29) is 14.5 Å². The molecule has 2 aliphatic heterocycles. The fourth-order valence-corrected chi connectivity index (χ4v) is 9.43. The Kier molecular flexibility index (Phi) is 7.62. The standard InChI is InChI=1S/C46H33N3Se/c1-29-13-17-33(18-14-29)44-36-21-22-38(48-36)45(34-19-15-30(2)16-20-34)40-27-35(28-47-40)43(31-9-5-3-6-10-31)41-25-26-42(50-41)46(32-11-7-4-8-12-32)39-24-23-37(44)49-39/h3-28,48H,1-2H3. The van der Waals surface area contributed by atoms with Crippen LogP contribution in [0.4, 0.5) is 5.69 Å². The molecule has 3 nitrogen and oxygen atoms in total. The van der Waals surface area contributed by atoms with Crippen LogP contribution in [0.2, 0.25) is 0 Å². The number of fused-ring (bicyclic) bond motifs is 8. The van der Waals surface area contributed by atoms with Crippen LogP contribution < -0.4 is 0 Å². The van der Waals surface area contributed by atoms with Gasteiger partial charge < -0.3 is 0 Å². The Labute approximate surface area is 297 Å². The Morgan fingerprint density at radius 3 is 1.60 bits per heavy atom. The van der Waals surface area contributed by atoms with Crippen LogP contribution in [-0.2, 0) is 0 Å². The molecule has 1 N–H and O–H groups in total. The van der Waals surface area contributed by atoms with Crippen LogP contribution >= 0.6 is 0 Å². The number of aromatic nitrogens is 2. The molecule has 3 aromatic heterocycles. The van der Waals surface area contributed by atoms with E-state index >= 15 is 0 Å². The number of aromatic amines is 1. The molecule has 5 heterocycles. The number of H-pyrrole nitrogens is 1. The normalized spacial score (nSPS) is 12.0. The van der Waals surface area contributed by atoms with Crippen molar-refractivity contribution in [1.29, 1.82) is 0 Å². The molecule has 0 saturated heterocycles. The molecule has 2 aliphatic rings. The zero-order valence-corrected chi connectivity index (χ0v) is 29.5. The minimum atomic E-state index is 0.0304. The number of hydrogen-bond acceptors (Lipinski definition) is 2. The number of rotatable bonds is 4. The summed E-state index contributed by atoms with van der Waals surface area (Å²) in [6.07, 6.45) is 6.43. The van der Waals surface area contributed by atoms with Crippen molar-refractivity contribution in [2.24, 2.45) is 4.99 Å². The Hall–Kier alpha value is -5.80. The number of hydrogen-bond donors (Lipinski definition) is 1.